The average molecular weight is 827 g/mol. The van der Waals surface area contributed by atoms with Gasteiger partial charge in [0, 0.05) is 71.8 Å². The summed E-state index contributed by atoms with van der Waals surface area (Å²) >= 11 is 0. The van der Waals surface area contributed by atoms with Crippen molar-refractivity contribution in [2.75, 3.05) is 39.4 Å². The molecule has 0 aliphatic carbocycles. The van der Waals surface area contributed by atoms with Crippen molar-refractivity contribution in [3.63, 3.8) is 0 Å². The van der Waals surface area contributed by atoms with Crippen LogP contribution in [0.2, 0.25) is 0 Å². The number of aromatic nitrogens is 2. The van der Waals surface area contributed by atoms with Gasteiger partial charge in [-0.25, -0.2) is 0 Å². The smallest absolute Gasteiger partial charge is 0.135 e. The maximum Gasteiger partial charge on any atom is 0.135 e. The quantitative estimate of drug-likeness (QED) is 0.0720. The third kappa shape index (κ3) is 7.51. The van der Waals surface area contributed by atoms with Crippen LogP contribution in [0.25, 0.3) is 32.6 Å². The molecule has 0 saturated carbocycles. The van der Waals surface area contributed by atoms with E-state index < -0.39 is 0 Å². The molecule has 62 heavy (non-hydrogen) atoms. The van der Waals surface area contributed by atoms with Gasteiger partial charge in [0.2, 0.25) is 0 Å². The third-order valence-electron chi connectivity index (χ3n) is 16.4. The number of para-hydroxylation sites is 2. The lowest BCUT2D eigenvalue weighted by atomic mass is 9.70. The zero-order valence-electron chi connectivity index (χ0n) is 37.1. The van der Waals surface area contributed by atoms with Crippen LogP contribution in [-0.4, -0.2) is 70.4 Å². The summed E-state index contributed by atoms with van der Waals surface area (Å²) in [5, 5.41) is 5.10. The molecule has 6 saturated heterocycles. The highest BCUT2D eigenvalue weighted by molar-refractivity contribution is 5.84. The summed E-state index contributed by atoms with van der Waals surface area (Å²) in [5.74, 6) is 2.98. The molecule has 6 fully saturated rings. The van der Waals surface area contributed by atoms with Gasteiger partial charge >= 0.3 is 0 Å². The number of ether oxygens (including phenoxy) is 2. The van der Waals surface area contributed by atoms with Gasteiger partial charge in [-0.3, -0.25) is 9.97 Å². The molecule has 6 aliphatic heterocycles. The highest BCUT2D eigenvalue weighted by atomic mass is 16.5. The van der Waals surface area contributed by atoms with Crippen LogP contribution in [0, 0.1) is 23.7 Å². The van der Waals surface area contributed by atoms with Crippen LogP contribution in [0.1, 0.15) is 86.8 Å². The molecule has 2 aromatic heterocycles. The first-order chi connectivity index (χ1) is 30.4. The fraction of sp³-hybridized carbons (Fsp3) is 0.429. The number of rotatable bonds is 16. The summed E-state index contributed by atoms with van der Waals surface area (Å²) in [6.07, 6.45) is 15.2. The van der Waals surface area contributed by atoms with Crippen molar-refractivity contribution < 1.29 is 18.4 Å². The van der Waals surface area contributed by atoms with Crippen LogP contribution < -0.4 is 0 Å². The molecule has 0 N–H and O–H groups in total. The third-order valence-corrected chi connectivity index (χ3v) is 16.4. The second kappa shape index (κ2) is 17.4. The van der Waals surface area contributed by atoms with E-state index in [1.54, 1.807) is 0 Å². The number of hydrogen-bond acceptors (Lipinski definition) is 4. The van der Waals surface area contributed by atoms with E-state index in [4.69, 9.17) is 19.4 Å². The number of benzene rings is 4. The molecule has 8 unspecified atom stereocenters. The lowest BCUT2D eigenvalue weighted by Gasteiger charge is -2.59. The summed E-state index contributed by atoms with van der Waals surface area (Å²) in [5.41, 5.74) is 7.51. The lowest BCUT2D eigenvalue weighted by Crippen LogP contribution is -2.68. The van der Waals surface area contributed by atoms with E-state index in [1.807, 2.05) is 24.5 Å². The van der Waals surface area contributed by atoms with E-state index in [2.05, 4.69) is 124 Å². The standard InChI is InChI=1S/C56H66N4O2/c1-5-29-61-55(49-21-25-57-51-15-11-9-13-47(49)51)53-33-44-23-27-59(53,37-41(44)7-3)35-39-17-19-43-20-18-40(32-46(43)31-39)36-60-28-24-45(42(8-4)38-60)34-54(60)56(62-30-6-2)50-22-26-58-52-16-12-10-14-48(50)52/h5-6,9-22,25-26,31-32,41-42,44-45,53-56H,1-2,7-8,23-24,27-30,33-38H2,3-4H3/q+2/t41?,42?,44?,45?,53?,54?,55-,56-,59?,60?/m0/s1. The molecule has 6 aliphatic rings. The molecule has 6 heteroatoms. The van der Waals surface area contributed by atoms with Crippen LogP contribution in [0.5, 0.6) is 0 Å². The molecule has 12 rings (SSSR count). The van der Waals surface area contributed by atoms with Gasteiger partial charge in [-0.15, -0.1) is 13.2 Å². The number of quaternary nitrogens is 2. The fourth-order valence-electron chi connectivity index (χ4n) is 13.5. The Hall–Kier alpha value is -4.72. The van der Waals surface area contributed by atoms with Crippen molar-refractivity contribution in [2.45, 2.75) is 89.8 Å². The molecule has 4 bridgehead atoms. The van der Waals surface area contributed by atoms with Crippen LogP contribution in [0.4, 0.5) is 0 Å². The van der Waals surface area contributed by atoms with Gasteiger partial charge in [-0.2, -0.15) is 0 Å². The summed E-state index contributed by atoms with van der Waals surface area (Å²) in [4.78, 5) is 9.51. The van der Waals surface area contributed by atoms with Crippen molar-refractivity contribution in [2.24, 2.45) is 23.7 Å². The zero-order valence-corrected chi connectivity index (χ0v) is 37.1. The minimum atomic E-state index is -0.0273. The Labute approximate surface area is 369 Å². The largest absolute Gasteiger partial charge is 0.363 e. The highest BCUT2D eigenvalue weighted by Gasteiger charge is 2.56. The SMILES string of the molecule is C=CCO[C@@H](c1ccnc2ccccc12)C1CC2CC[N+]1(Cc1ccc3ccc(C[N+]45CCC(CC4[C@@H](OCC=C)c4ccnc6ccccc46)C(CC)C5)cc3c1)CC2CC. The van der Waals surface area contributed by atoms with Crippen molar-refractivity contribution >= 4 is 32.6 Å². The van der Waals surface area contributed by atoms with Gasteiger partial charge in [0.05, 0.1) is 50.4 Å². The van der Waals surface area contributed by atoms with Gasteiger partial charge in [-0.05, 0) is 83.0 Å². The van der Waals surface area contributed by atoms with E-state index in [9.17, 15) is 0 Å². The molecular weight excluding hydrogens is 761 g/mol. The molecule has 0 spiro atoms. The Bertz CT molecular complexity index is 2390. The number of nitrogens with zero attached hydrogens (tertiary/aromatic N) is 4. The molecule has 8 heterocycles. The Morgan fingerprint density at radius 1 is 0.613 bits per heavy atom. The molecule has 4 aromatic carbocycles. The van der Waals surface area contributed by atoms with Gasteiger partial charge < -0.3 is 18.4 Å². The van der Waals surface area contributed by atoms with E-state index in [1.165, 1.54) is 109 Å². The predicted molar refractivity (Wildman–Crippen MR) is 253 cm³/mol. The van der Waals surface area contributed by atoms with Crippen LogP contribution in [-0.2, 0) is 22.6 Å². The van der Waals surface area contributed by atoms with E-state index in [0.29, 0.717) is 25.3 Å². The maximum atomic E-state index is 6.92. The first-order valence-corrected chi connectivity index (χ1v) is 23.8. The molecule has 6 aromatic rings. The number of piperidine rings is 6. The molecular formula is C56H66N4O2+2. The molecule has 0 radical (unpaired) electrons. The maximum absolute atomic E-state index is 6.92. The molecule has 6 nitrogen and oxygen atoms in total. The van der Waals surface area contributed by atoms with Crippen molar-refractivity contribution in [3.8, 4) is 0 Å². The number of pyridine rings is 2. The second-order valence-electron chi connectivity index (χ2n) is 19.5. The van der Waals surface area contributed by atoms with Crippen LogP contribution in [0.15, 0.2) is 135 Å². The van der Waals surface area contributed by atoms with Gasteiger partial charge in [0.25, 0.3) is 0 Å². The van der Waals surface area contributed by atoms with Gasteiger partial charge in [0.15, 0.2) is 0 Å². The Kier molecular flexibility index (Phi) is 11.6. The summed E-state index contributed by atoms with van der Waals surface area (Å²) < 4.78 is 16.0. The van der Waals surface area contributed by atoms with Gasteiger partial charge in [0.1, 0.15) is 37.4 Å². The van der Waals surface area contributed by atoms with Gasteiger partial charge in [-0.1, -0.05) is 86.7 Å². The lowest BCUT2D eigenvalue weighted by molar-refractivity contribution is -0.986. The minimum Gasteiger partial charge on any atom is -0.363 e. The summed E-state index contributed by atoms with van der Waals surface area (Å²) in [7, 11) is 0. The predicted octanol–water partition coefficient (Wildman–Crippen LogP) is 12.1. The van der Waals surface area contributed by atoms with Crippen molar-refractivity contribution in [1.29, 1.82) is 0 Å². The molecule has 10 atom stereocenters. The van der Waals surface area contributed by atoms with E-state index in [-0.39, 0.29) is 12.2 Å². The highest BCUT2D eigenvalue weighted by Crippen LogP contribution is 2.51. The van der Waals surface area contributed by atoms with Crippen molar-refractivity contribution in [1.82, 2.24) is 9.97 Å². The molecule has 320 valence electrons. The van der Waals surface area contributed by atoms with Crippen molar-refractivity contribution in [3.05, 3.63) is 157 Å². The second-order valence-corrected chi connectivity index (χ2v) is 19.5. The topological polar surface area (TPSA) is 44.2 Å². The normalized spacial score (nSPS) is 28.9. The Morgan fingerprint density at radius 3 is 1.53 bits per heavy atom. The summed E-state index contributed by atoms with van der Waals surface area (Å²) in [6.45, 7) is 20.9. The average Bonchev–Trinajstić information content (AvgIpc) is 3.32. The Balaban J connectivity index is 0.995. The first-order valence-electron chi connectivity index (χ1n) is 23.8. The van der Waals surface area contributed by atoms with E-state index >= 15 is 0 Å². The van der Waals surface area contributed by atoms with Crippen LogP contribution >= 0.6 is 0 Å². The summed E-state index contributed by atoms with van der Waals surface area (Å²) in [6, 6.07) is 37.1. The fourth-order valence-corrected chi connectivity index (χ4v) is 13.5. The first kappa shape index (κ1) is 41.3. The Morgan fingerprint density at radius 2 is 1.08 bits per heavy atom. The minimum absolute atomic E-state index is 0.0273. The number of hydrogen-bond donors (Lipinski definition) is 0. The van der Waals surface area contributed by atoms with E-state index in [0.717, 1.165) is 56.8 Å². The van der Waals surface area contributed by atoms with Crippen LogP contribution in [0.3, 0.4) is 0 Å². The monoisotopic (exact) mass is 827 g/mol. The zero-order chi connectivity index (χ0) is 42.3. The molecule has 0 amide bonds. The number of fused-ring (bicyclic) bond motifs is 9.